The normalized spacial score (nSPS) is 10.7. The van der Waals surface area contributed by atoms with Crippen molar-refractivity contribution >= 4 is 16.6 Å². The third-order valence-electron chi connectivity index (χ3n) is 2.93. The van der Waals surface area contributed by atoms with Crippen LogP contribution in [0.2, 0.25) is 0 Å². The smallest absolute Gasteiger partial charge is 0.269 e. The number of hydrogen-bond acceptors (Lipinski definition) is 4. The highest BCUT2D eigenvalue weighted by atomic mass is 16.1. The molecule has 94 valence electrons. The third-order valence-corrected chi connectivity index (χ3v) is 2.93. The molecule has 2 aromatic heterocycles. The summed E-state index contributed by atoms with van der Waals surface area (Å²) in [6.45, 7) is 0.382. The highest BCUT2D eigenvalue weighted by Gasteiger charge is 2.04. The molecule has 2 heterocycles. The van der Waals surface area contributed by atoms with E-state index >= 15 is 0 Å². The van der Waals surface area contributed by atoms with Gasteiger partial charge in [0.15, 0.2) is 0 Å². The first-order valence-corrected chi connectivity index (χ1v) is 5.89. The third kappa shape index (κ3) is 2.18. The van der Waals surface area contributed by atoms with Gasteiger partial charge in [0.1, 0.15) is 0 Å². The number of benzene rings is 1. The van der Waals surface area contributed by atoms with Gasteiger partial charge in [0.05, 0.1) is 23.9 Å². The quantitative estimate of drug-likeness (QED) is 0.748. The van der Waals surface area contributed by atoms with Crippen molar-refractivity contribution in [1.29, 1.82) is 0 Å². The molecule has 3 rings (SSSR count). The zero-order chi connectivity index (χ0) is 13.2. The predicted octanol–water partition coefficient (Wildman–Crippen LogP) is 1.42. The van der Waals surface area contributed by atoms with Gasteiger partial charge in [0.25, 0.3) is 5.56 Å². The summed E-state index contributed by atoms with van der Waals surface area (Å²) in [6, 6.07) is 11.1. The number of anilines is 1. The van der Waals surface area contributed by atoms with Crippen LogP contribution in [0.5, 0.6) is 0 Å². The Hall–Kier alpha value is -2.69. The van der Waals surface area contributed by atoms with Crippen LogP contribution in [0.1, 0.15) is 5.56 Å². The van der Waals surface area contributed by atoms with E-state index in [9.17, 15) is 4.79 Å². The Morgan fingerprint density at radius 2 is 2.05 bits per heavy atom. The minimum atomic E-state index is -0.215. The lowest BCUT2D eigenvalue weighted by atomic mass is 10.1. The molecule has 0 saturated heterocycles. The molecule has 0 saturated carbocycles. The molecule has 0 atom stereocenters. The number of aromatic nitrogens is 3. The Balaban J connectivity index is 2.08. The standard InChI is InChI=1S/C14H12N4O/c15-12-7-13(19)18(17-8-12)9-11-4-1-3-10-5-2-6-16-14(10)11/h1-8H,9,15H2. The maximum atomic E-state index is 11.8. The predicted molar refractivity (Wildman–Crippen MR) is 73.8 cm³/mol. The highest BCUT2D eigenvalue weighted by molar-refractivity contribution is 5.81. The van der Waals surface area contributed by atoms with E-state index in [4.69, 9.17) is 5.73 Å². The van der Waals surface area contributed by atoms with Gasteiger partial charge in [0, 0.05) is 17.6 Å². The molecule has 0 aliphatic rings. The number of para-hydroxylation sites is 1. The first kappa shape index (κ1) is 11.4. The van der Waals surface area contributed by atoms with Crippen molar-refractivity contribution in [3.8, 4) is 0 Å². The van der Waals surface area contributed by atoms with Gasteiger partial charge < -0.3 is 5.73 Å². The van der Waals surface area contributed by atoms with Crippen molar-refractivity contribution in [2.75, 3.05) is 5.73 Å². The summed E-state index contributed by atoms with van der Waals surface area (Å²) in [5.41, 5.74) is 7.52. The molecule has 5 nitrogen and oxygen atoms in total. The maximum Gasteiger partial charge on any atom is 0.269 e. The van der Waals surface area contributed by atoms with Gasteiger partial charge in [-0.2, -0.15) is 5.10 Å². The molecular weight excluding hydrogens is 240 g/mol. The van der Waals surface area contributed by atoms with Crippen molar-refractivity contribution in [3.05, 3.63) is 64.7 Å². The second-order valence-electron chi connectivity index (χ2n) is 4.28. The van der Waals surface area contributed by atoms with Crippen LogP contribution in [-0.4, -0.2) is 14.8 Å². The molecule has 0 fully saturated rings. The summed E-state index contributed by atoms with van der Waals surface area (Å²) < 4.78 is 1.37. The zero-order valence-electron chi connectivity index (χ0n) is 10.2. The maximum absolute atomic E-state index is 11.8. The number of hydrogen-bond donors (Lipinski definition) is 1. The van der Waals surface area contributed by atoms with Gasteiger partial charge in [-0.15, -0.1) is 0 Å². The topological polar surface area (TPSA) is 73.8 Å². The first-order valence-electron chi connectivity index (χ1n) is 5.89. The van der Waals surface area contributed by atoms with Crippen LogP contribution in [-0.2, 0) is 6.54 Å². The number of pyridine rings is 1. The molecule has 0 aliphatic carbocycles. The van der Waals surface area contributed by atoms with E-state index < -0.39 is 0 Å². The van der Waals surface area contributed by atoms with Gasteiger partial charge >= 0.3 is 0 Å². The van der Waals surface area contributed by atoms with E-state index in [0.717, 1.165) is 16.5 Å². The SMILES string of the molecule is Nc1cnn(Cc2cccc3cccnc23)c(=O)c1. The van der Waals surface area contributed by atoms with E-state index in [0.29, 0.717) is 12.2 Å². The fourth-order valence-corrected chi connectivity index (χ4v) is 2.02. The van der Waals surface area contributed by atoms with E-state index in [1.807, 2.05) is 30.3 Å². The van der Waals surface area contributed by atoms with Crippen molar-refractivity contribution in [3.63, 3.8) is 0 Å². The van der Waals surface area contributed by atoms with E-state index in [-0.39, 0.29) is 5.56 Å². The summed E-state index contributed by atoms with van der Waals surface area (Å²) in [5.74, 6) is 0. The number of fused-ring (bicyclic) bond motifs is 1. The first-order chi connectivity index (χ1) is 9.24. The molecule has 0 radical (unpaired) electrons. The fourth-order valence-electron chi connectivity index (χ4n) is 2.02. The summed E-state index contributed by atoms with van der Waals surface area (Å²) in [7, 11) is 0. The van der Waals surface area contributed by atoms with Crippen LogP contribution < -0.4 is 11.3 Å². The summed E-state index contributed by atoms with van der Waals surface area (Å²) in [4.78, 5) is 16.1. The molecule has 19 heavy (non-hydrogen) atoms. The minimum absolute atomic E-state index is 0.215. The molecule has 0 aliphatic heterocycles. The largest absolute Gasteiger partial charge is 0.397 e. The van der Waals surface area contributed by atoms with Crippen LogP contribution in [0.15, 0.2) is 53.6 Å². The molecule has 2 N–H and O–H groups in total. The number of rotatable bonds is 2. The van der Waals surface area contributed by atoms with Gasteiger partial charge in [0.2, 0.25) is 0 Å². The Morgan fingerprint density at radius 1 is 1.21 bits per heavy atom. The van der Waals surface area contributed by atoms with Crippen molar-refractivity contribution in [2.45, 2.75) is 6.54 Å². The molecule has 0 spiro atoms. The van der Waals surface area contributed by atoms with E-state index in [1.54, 1.807) is 6.20 Å². The average molecular weight is 252 g/mol. The summed E-state index contributed by atoms with van der Waals surface area (Å²) >= 11 is 0. The number of nitrogens with two attached hydrogens (primary N) is 1. The average Bonchev–Trinajstić information content (AvgIpc) is 2.42. The molecule has 5 heteroatoms. The van der Waals surface area contributed by atoms with Crippen molar-refractivity contribution < 1.29 is 0 Å². The Morgan fingerprint density at radius 3 is 2.89 bits per heavy atom. The second-order valence-corrected chi connectivity index (χ2v) is 4.28. The molecule has 3 aromatic rings. The van der Waals surface area contributed by atoms with Crippen LogP contribution in [0, 0.1) is 0 Å². The number of nitrogens with zero attached hydrogens (tertiary/aromatic N) is 3. The van der Waals surface area contributed by atoms with Crippen LogP contribution >= 0.6 is 0 Å². The lowest BCUT2D eigenvalue weighted by Crippen LogP contribution is -2.23. The molecule has 0 unspecified atom stereocenters. The number of nitrogen functional groups attached to an aromatic ring is 1. The van der Waals surface area contributed by atoms with E-state index in [1.165, 1.54) is 16.9 Å². The highest BCUT2D eigenvalue weighted by Crippen LogP contribution is 2.16. The molecule has 0 amide bonds. The summed E-state index contributed by atoms with van der Waals surface area (Å²) in [5, 5.41) is 5.08. The van der Waals surface area contributed by atoms with Crippen molar-refractivity contribution in [2.24, 2.45) is 0 Å². The minimum Gasteiger partial charge on any atom is -0.397 e. The fraction of sp³-hybridized carbons (Fsp3) is 0.0714. The van der Waals surface area contributed by atoms with Crippen molar-refractivity contribution in [1.82, 2.24) is 14.8 Å². The molecule has 0 bridgehead atoms. The van der Waals surface area contributed by atoms with Gasteiger partial charge in [-0.3, -0.25) is 9.78 Å². The van der Waals surface area contributed by atoms with Crippen LogP contribution in [0.4, 0.5) is 5.69 Å². The van der Waals surface area contributed by atoms with Crippen LogP contribution in [0.25, 0.3) is 10.9 Å². The monoisotopic (exact) mass is 252 g/mol. The summed E-state index contributed by atoms with van der Waals surface area (Å²) in [6.07, 6.45) is 3.21. The molecule has 1 aromatic carbocycles. The Labute approximate surface area is 109 Å². The van der Waals surface area contributed by atoms with Gasteiger partial charge in [-0.1, -0.05) is 24.3 Å². The Kier molecular flexibility index (Phi) is 2.72. The second kappa shape index (κ2) is 4.53. The van der Waals surface area contributed by atoms with Crippen LogP contribution in [0.3, 0.4) is 0 Å². The Bertz CT molecular complexity index is 789. The van der Waals surface area contributed by atoms with Gasteiger partial charge in [-0.25, -0.2) is 4.68 Å². The zero-order valence-corrected chi connectivity index (χ0v) is 10.2. The van der Waals surface area contributed by atoms with E-state index in [2.05, 4.69) is 10.1 Å². The van der Waals surface area contributed by atoms with Gasteiger partial charge in [-0.05, 0) is 11.6 Å². The lowest BCUT2D eigenvalue weighted by Gasteiger charge is -2.07. The lowest BCUT2D eigenvalue weighted by molar-refractivity contribution is 0.642. The molecular formula is C14H12N4O.